The van der Waals surface area contributed by atoms with Gasteiger partial charge in [-0.25, -0.2) is 4.98 Å². The lowest BCUT2D eigenvalue weighted by atomic mass is 10.1. The smallest absolute Gasteiger partial charge is 0.280 e. The van der Waals surface area contributed by atoms with Crippen molar-refractivity contribution in [2.45, 2.75) is 6.92 Å². The van der Waals surface area contributed by atoms with E-state index in [1.54, 1.807) is 30.3 Å². The molecule has 1 amide bonds. The number of rotatable bonds is 4. The molecule has 0 unspecified atom stereocenters. The van der Waals surface area contributed by atoms with Gasteiger partial charge in [0.15, 0.2) is 17.3 Å². The van der Waals surface area contributed by atoms with Crippen molar-refractivity contribution in [2.24, 2.45) is 0 Å². The Labute approximate surface area is 154 Å². The number of hydrogen-bond acceptors (Lipinski definition) is 5. The third-order valence-electron chi connectivity index (χ3n) is 3.74. The minimum Gasteiger partial charge on any atom is -0.493 e. The van der Waals surface area contributed by atoms with Crippen molar-refractivity contribution < 1.29 is 14.3 Å². The van der Waals surface area contributed by atoms with Gasteiger partial charge in [0.05, 0.1) is 25.1 Å². The predicted molar refractivity (Wildman–Crippen MR) is 99.6 cm³/mol. The van der Waals surface area contributed by atoms with Crippen LogP contribution in [0.2, 0.25) is 5.02 Å². The molecule has 0 aliphatic heterocycles. The monoisotopic (exact) mass is 373 g/mol. The number of amides is 1. The summed E-state index contributed by atoms with van der Waals surface area (Å²) in [5.74, 6) is 0.875. The van der Waals surface area contributed by atoms with Gasteiger partial charge in [-0.15, -0.1) is 0 Å². The van der Waals surface area contributed by atoms with Gasteiger partial charge in [-0.05, 0) is 36.4 Å². The second-order valence-corrected chi connectivity index (χ2v) is 5.91. The number of hydrogen-bond donors (Lipinski definition) is 1. The Morgan fingerprint density at radius 3 is 2.50 bits per heavy atom. The van der Waals surface area contributed by atoms with Gasteiger partial charge in [-0.2, -0.15) is 4.68 Å². The summed E-state index contributed by atoms with van der Waals surface area (Å²) < 4.78 is 11.6. The van der Waals surface area contributed by atoms with E-state index in [1.807, 2.05) is 0 Å². The molecule has 0 aliphatic carbocycles. The van der Waals surface area contributed by atoms with E-state index >= 15 is 0 Å². The number of halogens is 1. The molecule has 0 saturated carbocycles. The van der Waals surface area contributed by atoms with E-state index in [0.29, 0.717) is 33.0 Å². The van der Waals surface area contributed by atoms with Gasteiger partial charge in [0.1, 0.15) is 0 Å². The van der Waals surface area contributed by atoms with Crippen LogP contribution in [-0.4, -0.2) is 29.8 Å². The van der Waals surface area contributed by atoms with Crippen molar-refractivity contribution in [3.63, 3.8) is 0 Å². The van der Waals surface area contributed by atoms with E-state index in [0.717, 1.165) is 4.68 Å². The highest BCUT2D eigenvalue weighted by Gasteiger charge is 2.16. The summed E-state index contributed by atoms with van der Waals surface area (Å²) in [5, 5.41) is 0.708. The van der Waals surface area contributed by atoms with E-state index in [1.165, 1.54) is 27.2 Å². The zero-order valence-electron chi connectivity index (χ0n) is 14.4. The van der Waals surface area contributed by atoms with E-state index < -0.39 is 11.5 Å². The molecule has 26 heavy (non-hydrogen) atoms. The fourth-order valence-electron chi connectivity index (χ4n) is 2.59. The molecule has 7 nitrogen and oxygen atoms in total. The molecule has 1 aromatic heterocycles. The topological polar surface area (TPSA) is 82.5 Å². The number of nitrogens with zero attached hydrogens (tertiary/aromatic N) is 2. The maximum Gasteiger partial charge on any atom is 0.280 e. The lowest BCUT2D eigenvalue weighted by molar-refractivity contribution is -0.115. The van der Waals surface area contributed by atoms with Gasteiger partial charge in [0.25, 0.3) is 5.56 Å². The van der Waals surface area contributed by atoms with Crippen LogP contribution in [0.1, 0.15) is 6.92 Å². The molecule has 3 aromatic rings. The first-order chi connectivity index (χ1) is 12.4. The zero-order chi connectivity index (χ0) is 18.8. The summed E-state index contributed by atoms with van der Waals surface area (Å²) in [7, 11) is 3.04. The number of fused-ring (bicyclic) bond motifs is 1. The molecular weight excluding hydrogens is 358 g/mol. The summed E-state index contributed by atoms with van der Waals surface area (Å²) >= 11 is 5.98. The molecule has 0 saturated heterocycles. The van der Waals surface area contributed by atoms with Crippen molar-refractivity contribution in [1.82, 2.24) is 9.66 Å². The van der Waals surface area contributed by atoms with E-state index in [-0.39, 0.29) is 5.82 Å². The lowest BCUT2D eigenvalue weighted by Crippen LogP contribution is -2.34. The fourth-order valence-corrected chi connectivity index (χ4v) is 2.76. The molecule has 0 spiro atoms. The molecule has 1 heterocycles. The molecule has 0 atom stereocenters. The number of ether oxygens (including phenoxy) is 2. The predicted octanol–water partition coefficient (Wildman–Crippen LogP) is 2.82. The summed E-state index contributed by atoms with van der Waals surface area (Å²) in [5.41, 5.74) is 3.11. The maximum atomic E-state index is 12.9. The summed E-state index contributed by atoms with van der Waals surface area (Å²) in [6, 6.07) is 9.93. The Hall–Kier alpha value is -3.06. The highest BCUT2D eigenvalue weighted by molar-refractivity contribution is 6.31. The van der Waals surface area contributed by atoms with Crippen molar-refractivity contribution >= 4 is 28.4 Å². The number of carbonyl (C=O) groups excluding carboxylic acids is 1. The Bertz CT molecular complexity index is 1060. The Morgan fingerprint density at radius 1 is 1.12 bits per heavy atom. The quantitative estimate of drug-likeness (QED) is 0.760. The van der Waals surface area contributed by atoms with Gasteiger partial charge < -0.3 is 9.47 Å². The Kier molecular flexibility index (Phi) is 4.81. The van der Waals surface area contributed by atoms with Crippen molar-refractivity contribution in [3.05, 3.63) is 51.8 Å². The first-order valence-electron chi connectivity index (χ1n) is 7.67. The zero-order valence-corrected chi connectivity index (χ0v) is 15.1. The number of benzene rings is 2. The molecule has 134 valence electrons. The average molecular weight is 374 g/mol. The normalized spacial score (nSPS) is 10.6. The number of carbonyl (C=O) groups is 1. The summed E-state index contributed by atoms with van der Waals surface area (Å²) in [6.07, 6.45) is 0. The summed E-state index contributed by atoms with van der Waals surface area (Å²) in [4.78, 5) is 29.0. The third-order valence-corrected chi connectivity index (χ3v) is 3.98. The maximum absolute atomic E-state index is 12.9. The Morgan fingerprint density at radius 2 is 1.85 bits per heavy atom. The van der Waals surface area contributed by atoms with Gasteiger partial charge in [0, 0.05) is 17.5 Å². The second-order valence-electron chi connectivity index (χ2n) is 5.48. The molecule has 0 bridgehead atoms. The highest BCUT2D eigenvalue weighted by Crippen LogP contribution is 2.31. The first kappa shape index (κ1) is 17.8. The fraction of sp³-hybridized carbons (Fsp3) is 0.167. The van der Waals surface area contributed by atoms with Crippen LogP contribution in [0, 0.1) is 0 Å². The highest BCUT2D eigenvalue weighted by atomic mass is 35.5. The van der Waals surface area contributed by atoms with Crippen LogP contribution in [0.3, 0.4) is 0 Å². The van der Waals surface area contributed by atoms with Gasteiger partial charge in [-0.3, -0.25) is 15.0 Å². The van der Waals surface area contributed by atoms with Crippen molar-refractivity contribution in [2.75, 3.05) is 19.6 Å². The molecule has 0 radical (unpaired) electrons. The second kappa shape index (κ2) is 7.05. The van der Waals surface area contributed by atoms with Crippen LogP contribution in [0.5, 0.6) is 11.5 Å². The van der Waals surface area contributed by atoms with E-state index in [9.17, 15) is 9.59 Å². The molecule has 0 fully saturated rings. The standard InChI is InChI=1S/C18H16ClN3O4/c1-10(23)21-22-17(11-4-7-15(25-2)16(8-11)26-3)20-14-6-5-12(19)9-13(14)18(22)24/h4-9H,1-3H3,(H,21,23). The number of aromatic nitrogens is 2. The number of methoxy groups -OCH3 is 2. The molecule has 0 aliphatic rings. The average Bonchev–Trinajstić information content (AvgIpc) is 2.63. The van der Waals surface area contributed by atoms with Crippen LogP contribution < -0.4 is 20.5 Å². The van der Waals surface area contributed by atoms with E-state index in [4.69, 9.17) is 21.1 Å². The largest absolute Gasteiger partial charge is 0.493 e. The molecule has 8 heteroatoms. The van der Waals surface area contributed by atoms with Gasteiger partial charge >= 0.3 is 0 Å². The lowest BCUT2D eigenvalue weighted by Gasteiger charge is -2.15. The summed E-state index contributed by atoms with van der Waals surface area (Å²) in [6.45, 7) is 1.31. The van der Waals surface area contributed by atoms with Gasteiger partial charge in [0.2, 0.25) is 5.91 Å². The van der Waals surface area contributed by atoms with Crippen molar-refractivity contribution in [1.29, 1.82) is 0 Å². The van der Waals surface area contributed by atoms with Crippen LogP contribution in [0.4, 0.5) is 0 Å². The van der Waals surface area contributed by atoms with Crippen LogP contribution in [0.15, 0.2) is 41.2 Å². The van der Waals surface area contributed by atoms with Gasteiger partial charge in [-0.1, -0.05) is 11.6 Å². The number of nitrogens with one attached hydrogen (secondary N) is 1. The van der Waals surface area contributed by atoms with Crippen LogP contribution in [0.25, 0.3) is 22.3 Å². The molecule has 1 N–H and O–H groups in total. The van der Waals surface area contributed by atoms with Crippen LogP contribution in [-0.2, 0) is 4.79 Å². The first-order valence-corrected chi connectivity index (χ1v) is 8.04. The SMILES string of the molecule is COc1ccc(-c2nc3ccc(Cl)cc3c(=O)n2NC(C)=O)cc1OC. The molecule has 2 aromatic carbocycles. The molecule has 3 rings (SSSR count). The Balaban J connectivity index is 2.32. The van der Waals surface area contributed by atoms with Crippen LogP contribution >= 0.6 is 11.6 Å². The van der Waals surface area contributed by atoms with Crippen molar-refractivity contribution in [3.8, 4) is 22.9 Å². The van der Waals surface area contributed by atoms with E-state index in [2.05, 4.69) is 10.4 Å². The minimum absolute atomic E-state index is 0.265. The minimum atomic E-state index is -0.433. The molecular formula is C18H16ClN3O4. The third kappa shape index (κ3) is 3.21.